The van der Waals surface area contributed by atoms with E-state index in [-0.39, 0.29) is 0 Å². The van der Waals surface area contributed by atoms with E-state index in [0.717, 1.165) is 11.8 Å². The van der Waals surface area contributed by atoms with Crippen molar-refractivity contribution in [3.05, 3.63) is 35.4 Å². The summed E-state index contributed by atoms with van der Waals surface area (Å²) in [5, 5.41) is 3.69. The Kier molecular flexibility index (Phi) is 3.66. The lowest BCUT2D eigenvalue weighted by atomic mass is 9.77. The van der Waals surface area contributed by atoms with Crippen LogP contribution in [0.25, 0.3) is 0 Å². The first kappa shape index (κ1) is 13.2. The van der Waals surface area contributed by atoms with Crippen LogP contribution in [0.2, 0.25) is 0 Å². The van der Waals surface area contributed by atoms with Gasteiger partial charge in [-0.1, -0.05) is 36.8 Å². The third-order valence-corrected chi connectivity index (χ3v) is 5.09. The normalized spacial score (nSPS) is 32.3. The maximum absolute atomic E-state index is 3.69. The maximum atomic E-state index is 3.69. The molecule has 0 amide bonds. The highest BCUT2D eigenvalue weighted by molar-refractivity contribution is 5.23. The van der Waals surface area contributed by atoms with Crippen molar-refractivity contribution in [2.75, 3.05) is 13.1 Å². The summed E-state index contributed by atoms with van der Waals surface area (Å²) in [6.07, 6.45) is 6.96. The molecule has 0 heterocycles. The van der Waals surface area contributed by atoms with Crippen LogP contribution < -0.4 is 5.32 Å². The SMILES string of the molecule is CCCNCC1(Cc2ccc(C)cc2)CC2CC2C1. The summed E-state index contributed by atoms with van der Waals surface area (Å²) in [6, 6.07) is 9.19. The minimum atomic E-state index is 0.554. The molecule has 1 heteroatoms. The summed E-state index contributed by atoms with van der Waals surface area (Å²) in [5.41, 5.74) is 3.46. The maximum Gasteiger partial charge on any atom is 0.00112 e. The fourth-order valence-corrected chi connectivity index (χ4v) is 4.03. The van der Waals surface area contributed by atoms with Gasteiger partial charge in [-0.25, -0.2) is 0 Å². The molecule has 0 radical (unpaired) electrons. The van der Waals surface area contributed by atoms with Gasteiger partial charge in [0.1, 0.15) is 0 Å². The quantitative estimate of drug-likeness (QED) is 0.761. The Morgan fingerprint density at radius 1 is 1.16 bits per heavy atom. The Morgan fingerprint density at radius 3 is 2.47 bits per heavy atom. The van der Waals surface area contributed by atoms with Crippen molar-refractivity contribution in [2.24, 2.45) is 17.3 Å². The van der Waals surface area contributed by atoms with E-state index in [4.69, 9.17) is 0 Å². The van der Waals surface area contributed by atoms with Crippen molar-refractivity contribution < 1.29 is 0 Å². The molecule has 0 aromatic heterocycles. The zero-order chi connectivity index (χ0) is 13.3. The minimum Gasteiger partial charge on any atom is -0.316 e. The number of rotatable bonds is 6. The number of aryl methyl sites for hydroxylation is 1. The number of hydrogen-bond acceptors (Lipinski definition) is 1. The molecule has 104 valence electrons. The fourth-order valence-electron chi connectivity index (χ4n) is 4.03. The zero-order valence-corrected chi connectivity index (χ0v) is 12.4. The number of benzene rings is 1. The van der Waals surface area contributed by atoms with E-state index in [2.05, 4.69) is 43.4 Å². The third-order valence-electron chi connectivity index (χ3n) is 5.09. The average molecular weight is 257 g/mol. The van der Waals surface area contributed by atoms with Gasteiger partial charge < -0.3 is 5.32 Å². The summed E-state index contributed by atoms with van der Waals surface area (Å²) < 4.78 is 0. The average Bonchev–Trinajstić information content (AvgIpc) is 3.01. The van der Waals surface area contributed by atoms with Gasteiger partial charge >= 0.3 is 0 Å². The van der Waals surface area contributed by atoms with Gasteiger partial charge in [0.25, 0.3) is 0 Å². The molecule has 2 unspecified atom stereocenters. The molecule has 2 fully saturated rings. The fraction of sp³-hybridized carbons (Fsp3) is 0.667. The summed E-state index contributed by atoms with van der Waals surface area (Å²) in [4.78, 5) is 0. The first-order chi connectivity index (χ1) is 9.21. The summed E-state index contributed by atoms with van der Waals surface area (Å²) >= 11 is 0. The minimum absolute atomic E-state index is 0.554. The molecule has 19 heavy (non-hydrogen) atoms. The van der Waals surface area contributed by atoms with Crippen molar-refractivity contribution in [2.45, 2.75) is 46.0 Å². The molecule has 3 rings (SSSR count). The number of hydrogen-bond donors (Lipinski definition) is 1. The molecule has 1 aromatic carbocycles. The predicted molar refractivity (Wildman–Crippen MR) is 81.3 cm³/mol. The van der Waals surface area contributed by atoms with Crippen LogP contribution in [-0.2, 0) is 6.42 Å². The van der Waals surface area contributed by atoms with Crippen molar-refractivity contribution in [1.29, 1.82) is 0 Å². The third kappa shape index (κ3) is 3.02. The lowest BCUT2D eigenvalue weighted by Gasteiger charge is -2.31. The molecular formula is C18H27N. The second kappa shape index (κ2) is 5.28. The van der Waals surface area contributed by atoms with E-state index in [1.165, 1.54) is 56.3 Å². The second-order valence-electron chi connectivity index (χ2n) is 7.00. The molecule has 0 bridgehead atoms. The van der Waals surface area contributed by atoms with E-state index in [9.17, 15) is 0 Å². The molecule has 1 N–H and O–H groups in total. The van der Waals surface area contributed by atoms with E-state index in [0.29, 0.717) is 5.41 Å². The van der Waals surface area contributed by atoms with E-state index in [1.807, 2.05) is 0 Å². The summed E-state index contributed by atoms with van der Waals surface area (Å²) in [5.74, 6) is 2.13. The van der Waals surface area contributed by atoms with Gasteiger partial charge in [-0.15, -0.1) is 0 Å². The molecule has 2 aliphatic rings. The van der Waals surface area contributed by atoms with Gasteiger partial charge in [0.15, 0.2) is 0 Å². The summed E-state index contributed by atoms with van der Waals surface area (Å²) in [6.45, 7) is 6.82. The van der Waals surface area contributed by atoms with Crippen LogP contribution in [-0.4, -0.2) is 13.1 Å². The largest absolute Gasteiger partial charge is 0.316 e. The molecule has 2 saturated carbocycles. The van der Waals surface area contributed by atoms with Crippen molar-refractivity contribution in [3.8, 4) is 0 Å². The van der Waals surface area contributed by atoms with Crippen LogP contribution in [0, 0.1) is 24.2 Å². The molecule has 1 aromatic rings. The van der Waals surface area contributed by atoms with Crippen molar-refractivity contribution >= 4 is 0 Å². The number of nitrogens with one attached hydrogen (secondary N) is 1. The Balaban J connectivity index is 1.67. The smallest absolute Gasteiger partial charge is 0.00112 e. The molecule has 0 spiro atoms. The molecule has 1 nitrogen and oxygen atoms in total. The first-order valence-corrected chi connectivity index (χ1v) is 7.97. The van der Waals surface area contributed by atoms with Gasteiger partial charge in [0.2, 0.25) is 0 Å². The predicted octanol–water partition coefficient (Wildman–Crippen LogP) is 3.95. The lowest BCUT2D eigenvalue weighted by Crippen LogP contribution is -2.35. The van der Waals surface area contributed by atoms with Gasteiger partial charge in [0.05, 0.1) is 0 Å². The van der Waals surface area contributed by atoms with E-state index < -0.39 is 0 Å². The molecule has 0 aliphatic heterocycles. The van der Waals surface area contributed by atoms with Crippen molar-refractivity contribution in [3.63, 3.8) is 0 Å². The lowest BCUT2D eigenvalue weighted by molar-refractivity contribution is 0.249. The van der Waals surface area contributed by atoms with Gasteiger partial charge in [-0.3, -0.25) is 0 Å². The second-order valence-corrected chi connectivity index (χ2v) is 7.00. The number of fused-ring (bicyclic) bond motifs is 1. The Morgan fingerprint density at radius 2 is 1.84 bits per heavy atom. The van der Waals surface area contributed by atoms with Crippen LogP contribution >= 0.6 is 0 Å². The van der Waals surface area contributed by atoms with Crippen LogP contribution in [0.3, 0.4) is 0 Å². The van der Waals surface area contributed by atoms with Gasteiger partial charge in [-0.05, 0) is 68.4 Å². The van der Waals surface area contributed by atoms with Crippen molar-refractivity contribution in [1.82, 2.24) is 5.32 Å². The van der Waals surface area contributed by atoms with Crippen LogP contribution in [0.5, 0.6) is 0 Å². The highest BCUT2D eigenvalue weighted by Crippen LogP contribution is 2.60. The molecule has 2 aliphatic carbocycles. The van der Waals surface area contributed by atoms with E-state index >= 15 is 0 Å². The summed E-state index contributed by atoms with van der Waals surface area (Å²) in [7, 11) is 0. The topological polar surface area (TPSA) is 12.0 Å². The van der Waals surface area contributed by atoms with Gasteiger partial charge in [0, 0.05) is 6.54 Å². The zero-order valence-electron chi connectivity index (χ0n) is 12.4. The van der Waals surface area contributed by atoms with Crippen LogP contribution in [0.1, 0.15) is 43.7 Å². The first-order valence-electron chi connectivity index (χ1n) is 7.97. The highest BCUT2D eigenvalue weighted by atomic mass is 14.9. The Hall–Kier alpha value is -0.820. The van der Waals surface area contributed by atoms with E-state index in [1.54, 1.807) is 0 Å². The molecule has 2 atom stereocenters. The van der Waals surface area contributed by atoms with Gasteiger partial charge in [-0.2, -0.15) is 0 Å². The van der Waals surface area contributed by atoms with Crippen LogP contribution in [0.4, 0.5) is 0 Å². The monoisotopic (exact) mass is 257 g/mol. The standard InChI is InChI=1S/C18H27N/c1-3-8-19-13-18(11-16-9-17(16)12-18)10-15-6-4-14(2)5-7-15/h4-7,16-17,19H,3,8-13H2,1-2H3. The molecule has 0 saturated heterocycles. The molecular weight excluding hydrogens is 230 g/mol. The highest BCUT2D eigenvalue weighted by Gasteiger charge is 2.53. The van der Waals surface area contributed by atoms with Crippen LogP contribution in [0.15, 0.2) is 24.3 Å². The Bertz CT molecular complexity index is 410. The Labute approximate surface area is 117 Å².